The topological polar surface area (TPSA) is 58.6 Å². The molecule has 1 rings (SSSR count). The number of carbonyl (C=O) groups is 1. The number of ether oxygens (including phenoxy) is 1. The normalized spacial score (nSPS) is 11.6. The van der Waals surface area contributed by atoms with Gasteiger partial charge in [0.15, 0.2) is 0 Å². The fourth-order valence-electron chi connectivity index (χ4n) is 1.05. The molecule has 86 valence electrons. The number of nitrogens with one attached hydrogen (secondary N) is 1. The van der Waals surface area contributed by atoms with Crippen LogP contribution in [0.25, 0.3) is 0 Å². The zero-order chi connectivity index (χ0) is 11.8. The number of aliphatic hydroxyl groups excluding tert-OH is 1. The van der Waals surface area contributed by atoms with Crippen LogP contribution in [-0.2, 0) is 11.3 Å². The number of rotatable bonds is 5. The molecule has 1 aromatic rings. The maximum Gasteiger partial charge on any atom is 0.407 e. The Hall–Kier alpha value is -1.81. The van der Waals surface area contributed by atoms with E-state index in [1.807, 2.05) is 30.3 Å². The third-order valence-electron chi connectivity index (χ3n) is 1.94. The minimum absolute atomic E-state index is 0.108. The van der Waals surface area contributed by atoms with E-state index >= 15 is 0 Å². The van der Waals surface area contributed by atoms with Gasteiger partial charge in [0.05, 0.1) is 12.6 Å². The highest BCUT2D eigenvalue weighted by molar-refractivity contribution is 5.67. The molecule has 16 heavy (non-hydrogen) atoms. The Labute approximate surface area is 94.6 Å². The summed E-state index contributed by atoms with van der Waals surface area (Å²) in [6, 6.07) is 9.37. The van der Waals surface area contributed by atoms with Gasteiger partial charge in [-0.1, -0.05) is 36.4 Å². The highest BCUT2D eigenvalue weighted by Gasteiger charge is 2.04. The summed E-state index contributed by atoms with van der Waals surface area (Å²) in [6.07, 6.45) is 0.0475. The number of hydrogen-bond acceptors (Lipinski definition) is 3. The van der Waals surface area contributed by atoms with Gasteiger partial charge in [0.2, 0.25) is 0 Å². The Balaban J connectivity index is 2.23. The number of amides is 1. The molecule has 1 atom stereocenters. The molecule has 0 saturated heterocycles. The van der Waals surface area contributed by atoms with Gasteiger partial charge in [0, 0.05) is 0 Å². The van der Waals surface area contributed by atoms with Gasteiger partial charge < -0.3 is 15.2 Å². The van der Waals surface area contributed by atoms with E-state index < -0.39 is 12.2 Å². The highest BCUT2D eigenvalue weighted by Crippen LogP contribution is 2.00. The number of benzene rings is 1. The Kier molecular flexibility index (Phi) is 5.08. The molecule has 4 heteroatoms. The van der Waals surface area contributed by atoms with E-state index in [4.69, 9.17) is 9.84 Å². The summed E-state index contributed by atoms with van der Waals surface area (Å²) < 4.78 is 4.93. The summed E-state index contributed by atoms with van der Waals surface area (Å²) >= 11 is 0. The zero-order valence-corrected chi connectivity index (χ0v) is 8.93. The molecule has 0 spiro atoms. The van der Waals surface area contributed by atoms with Crippen molar-refractivity contribution in [2.45, 2.75) is 12.7 Å². The van der Waals surface area contributed by atoms with Gasteiger partial charge in [0.1, 0.15) is 6.61 Å². The third-order valence-corrected chi connectivity index (χ3v) is 1.94. The summed E-state index contributed by atoms with van der Waals surface area (Å²) in [5.74, 6) is 0. The van der Waals surface area contributed by atoms with Gasteiger partial charge in [-0.2, -0.15) is 0 Å². The van der Waals surface area contributed by atoms with E-state index in [0.29, 0.717) is 0 Å². The molecule has 1 amide bonds. The van der Waals surface area contributed by atoms with Gasteiger partial charge >= 0.3 is 6.09 Å². The summed E-state index contributed by atoms with van der Waals surface area (Å²) in [5, 5.41) is 11.5. The fraction of sp³-hybridized carbons (Fsp3) is 0.250. The standard InChI is InChI=1S/C12H15NO3/c1-2-11(14)8-13-12(15)16-9-10-6-4-3-5-7-10/h2-7,11,14H,1,8-9H2,(H,13,15). The number of hydrogen-bond donors (Lipinski definition) is 2. The molecule has 0 saturated carbocycles. The Morgan fingerprint density at radius 1 is 1.50 bits per heavy atom. The molecule has 2 N–H and O–H groups in total. The van der Waals surface area contributed by atoms with E-state index in [2.05, 4.69) is 11.9 Å². The van der Waals surface area contributed by atoms with Crippen LogP contribution in [0.3, 0.4) is 0 Å². The molecule has 0 aliphatic carbocycles. The van der Waals surface area contributed by atoms with Crippen molar-refractivity contribution >= 4 is 6.09 Å². The first-order valence-corrected chi connectivity index (χ1v) is 4.97. The van der Waals surface area contributed by atoms with E-state index in [0.717, 1.165) is 5.56 Å². The van der Waals surface area contributed by atoms with Crippen LogP contribution in [0.15, 0.2) is 43.0 Å². The molecular formula is C12H15NO3. The maximum absolute atomic E-state index is 11.2. The second kappa shape index (κ2) is 6.63. The summed E-state index contributed by atoms with van der Waals surface area (Å²) in [5.41, 5.74) is 0.918. The molecule has 0 fully saturated rings. The van der Waals surface area contributed by atoms with Crippen LogP contribution in [-0.4, -0.2) is 23.8 Å². The average Bonchev–Trinajstić information content (AvgIpc) is 2.34. The first kappa shape index (κ1) is 12.3. The molecule has 0 bridgehead atoms. The lowest BCUT2D eigenvalue weighted by molar-refractivity contribution is 0.132. The summed E-state index contributed by atoms with van der Waals surface area (Å²) in [6.45, 7) is 3.72. The molecule has 1 unspecified atom stereocenters. The SMILES string of the molecule is C=CC(O)CNC(=O)OCc1ccccc1. The van der Waals surface area contributed by atoms with Crippen LogP contribution >= 0.6 is 0 Å². The minimum Gasteiger partial charge on any atom is -0.445 e. The van der Waals surface area contributed by atoms with Crippen LogP contribution in [0.5, 0.6) is 0 Å². The van der Waals surface area contributed by atoms with Crippen molar-refractivity contribution < 1.29 is 14.6 Å². The molecule has 4 nitrogen and oxygen atoms in total. The first-order chi connectivity index (χ1) is 7.72. The van der Waals surface area contributed by atoms with Crippen LogP contribution in [0, 0.1) is 0 Å². The van der Waals surface area contributed by atoms with Gasteiger partial charge in [-0.05, 0) is 5.56 Å². The molecule has 0 aliphatic heterocycles. The van der Waals surface area contributed by atoms with Crippen molar-refractivity contribution in [2.24, 2.45) is 0 Å². The van der Waals surface area contributed by atoms with Crippen LogP contribution in [0.1, 0.15) is 5.56 Å². The van der Waals surface area contributed by atoms with Crippen LogP contribution in [0.4, 0.5) is 4.79 Å². The average molecular weight is 221 g/mol. The maximum atomic E-state index is 11.2. The number of alkyl carbamates (subject to hydrolysis) is 1. The molecule has 1 aromatic carbocycles. The molecule has 0 heterocycles. The van der Waals surface area contributed by atoms with E-state index in [1.165, 1.54) is 6.08 Å². The molecule has 0 aromatic heterocycles. The lowest BCUT2D eigenvalue weighted by atomic mass is 10.2. The predicted octanol–water partition coefficient (Wildman–Crippen LogP) is 1.46. The number of carbonyl (C=O) groups excluding carboxylic acids is 1. The Bertz CT molecular complexity index is 337. The van der Waals surface area contributed by atoms with Crippen molar-refractivity contribution in [1.82, 2.24) is 5.32 Å². The lowest BCUT2D eigenvalue weighted by Gasteiger charge is -2.08. The van der Waals surface area contributed by atoms with Gasteiger partial charge in [-0.3, -0.25) is 0 Å². The second-order valence-corrected chi connectivity index (χ2v) is 3.25. The Morgan fingerprint density at radius 3 is 2.81 bits per heavy atom. The van der Waals surface area contributed by atoms with Crippen LogP contribution < -0.4 is 5.32 Å². The van der Waals surface area contributed by atoms with E-state index in [1.54, 1.807) is 0 Å². The van der Waals surface area contributed by atoms with Crippen LogP contribution in [0.2, 0.25) is 0 Å². The van der Waals surface area contributed by atoms with Crippen molar-refractivity contribution in [3.8, 4) is 0 Å². The largest absolute Gasteiger partial charge is 0.445 e. The Morgan fingerprint density at radius 2 is 2.19 bits per heavy atom. The molecular weight excluding hydrogens is 206 g/mol. The van der Waals surface area contributed by atoms with Gasteiger partial charge in [0.25, 0.3) is 0 Å². The highest BCUT2D eigenvalue weighted by atomic mass is 16.5. The second-order valence-electron chi connectivity index (χ2n) is 3.25. The van der Waals surface area contributed by atoms with Crippen molar-refractivity contribution in [1.29, 1.82) is 0 Å². The predicted molar refractivity (Wildman–Crippen MR) is 60.8 cm³/mol. The monoisotopic (exact) mass is 221 g/mol. The van der Waals surface area contributed by atoms with Gasteiger partial charge in [-0.15, -0.1) is 6.58 Å². The third kappa shape index (κ3) is 4.61. The van der Waals surface area contributed by atoms with E-state index in [9.17, 15) is 4.79 Å². The van der Waals surface area contributed by atoms with E-state index in [-0.39, 0.29) is 13.2 Å². The lowest BCUT2D eigenvalue weighted by Crippen LogP contribution is -2.31. The smallest absolute Gasteiger partial charge is 0.407 e. The zero-order valence-electron chi connectivity index (χ0n) is 8.93. The quantitative estimate of drug-likeness (QED) is 0.740. The van der Waals surface area contributed by atoms with Gasteiger partial charge in [-0.25, -0.2) is 4.79 Å². The molecule has 0 aliphatic rings. The number of aliphatic hydroxyl groups is 1. The van der Waals surface area contributed by atoms with Crippen molar-refractivity contribution in [3.63, 3.8) is 0 Å². The molecule has 0 radical (unpaired) electrons. The van der Waals surface area contributed by atoms with Crippen molar-refractivity contribution in [3.05, 3.63) is 48.6 Å². The summed E-state index contributed by atoms with van der Waals surface area (Å²) in [4.78, 5) is 11.2. The fourth-order valence-corrected chi connectivity index (χ4v) is 1.05. The first-order valence-electron chi connectivity index (χ1n) is 4.97. The minimum atomic E-state index is -0.746. The summed E-state index contributed by atoms with van der Waals surface area (Å²) in [7, 11) is 0. The van der Waals surface area contributed by atoms with Crippen molar-refractivity contribution in [2.75, 3.05) is 6.54 Å².